The Morgan fingerprint density at radius 2 is 1.90 bits per heavy atom. The van der Waals surface area contributed by atoms with Crippen molar-refractivity contribution in [3.8, 4) is 5.75 Å². The molecular formula is C23H22N2O4. The Hall–Kier alpha value is -3.54. The average Bonchev–Trinajstić information content (AvgIpc) is 3.06. The first-order chi connectivity index (χ1) is 13.9. The van der Waals surface area contributed by atoms with Crippen molar-refractivity contribution in [1.82, 2.24) is 9.88 Å². The number of pyridine rings is 1. The number of aryl methyl sites for hydroxylation is 1. The summed E-state index contributed by atoms with van der Waals surface area (Å²) >= 11 is 0. The van der Waals surface area contributed by atoms with Gasteiger partial charge in [-0.3, -0.25) is 9.59 Å². The van der Waals surface area contributed by atoms with E-state index >= 15 is 0 Å². The predicted molar refractivity (Wildman–Crippen MR) is 113 cm³/mol. The first-order valence-corrected chi connectivity index (χ1v) is 9.37. The van der Waals surface area contributed by atoms with Crippen molar-refractivity contribution >= 4 is 27.6 Å². The zero-order valence-electron chi connectivity index (χ0n) is 16.8. The average molecular weight is 390 g/mol. The molecule has 0 saturated heterocycles. The molecular weight excluding hydrogens is 368 g/mol. The molecule has 1 unspecified atom stereocenters. The normalized spacial score (nSPS) is 12.3. The van der Waals surface area contributed by atoms with Crippen LogP contribution in [0.25, 0.3) is 21.7 Å². The van der Waals surface area contributed by atoms with Crippen LogP contribution in [0.5, 0.6) is 5.75 Å². The molecule has 6 nitrogen and oxygen atoms in total. The van der Waals surface area contributed by atoms with Gasteiger partial charge in [0.05, 0.1) is 13.2 Å². The standard InChI is InChI=1S/C23H22N2O4/c1-13-18-12-16(28-4)9-10-20(18)29-21(13)14(2)24-22(26)19-11-15-7-5-6-8-17(15)23(27)25(19)3/h5-12,14H,1-4H3,(H,24,26). The molecule has 0 aliphatic rings. The summed E-state index contributed by atoms with van der Waals surface area (Å²) in [6, 6.07) is 14.2. The van der Waals surface area contributed by atoms with Crippen molar-refractivity contribution in [1.29, 1.82) is 0 Å². The van der Waals surface area contributed by atoms with Crippen molar-refractivity contribution < 1.29 is 13.9 Å². The number of rotatable bonds is 4. The number of nitrogens with zero attached hydrogens (tertiary/aromatic N) is 1. The molecule has 4 aromatic rings. The number of hydrogen-bond acceptors (Lipinski definition) is 4. The molecule has 6 heteroatoms. The minimum Gasteiger partial charge on any atom is -0.497 e. The highest BCUT2D eigenvalue weighted by atomic mass is 16.5. The van der Waals surface area contributed by atoms with Crippen LogP contribution in [-0.4, -0.2) is 17.6 Å². The Morgan fingerprint density at radius 1 is 1.14 bits per heavy atom. The van der Waals surface area contributed by atoms with Gasteiger partial charge in [-0.15, -0.1) is 0 Å². The van der Waals surface area contributed by atoms with Crippen molar-refractivity contribution in [2.24, 2.45) is 7.05 Å². The van der Waals surface area contributed by atoms with Crippen LogP contribution in [0.2, 0.25) is 0 Å². The lowest BCUT2D eigenvalue weighted by atomic mass is 10.1. The lowest BCUT2D eigenvalue weighted by Gasteiger charge is -2.15. The third-order valence-corrected chi connectivity index (χ3v) is 5.30. The second-order valence-electron chi connectivity index (χ2n) is 7.13. The highest BCUT2D eigenvalue weighted by molar-refractivity contribution is 5.97. The maximum atomic E-state index is 12.9. The predicted octanol–water partition coefficient (Wildman–Crippen LogP) is 4.09. The number of ether oxygens (including phenoxy) is 1. The molecule has 1 amide bonds. The SMILES string of the molecule is COc1ccc2oc(C(C)NC(=O)c3cc4ccccc4c(=O)n3C)c(C)c2c1. The van der Waals surface area contributed by atoms with Crippen molar-refractivity contribution in [2.45, 2.75) is 19.9 Å². The summed E-state index contributed by atoms with van der Waals surface area (Å²) in [4.78, 5) is 25.5. The summed E-state index contributed by atoms with van der Waals surface area (Å²) in [6.07, 6.45) is 0. The van der Waals surface area contributed by atoms with Crippen molar-refractivity contribution in [3.05, 3.63) is 75.9 Å². The van der Waals surface area contributed by atoms with E-state index in [1.54, 1.807) is 26.3 Å². The van der Waals surface area contributed by atoms with Crippen LogP contribution in [-0.2, 0) is 7.05 Å². The topological polar surface area (TPSA) is 73.5 Å². The fraction of sp³-hybridized carbons (Fsp3) is 0.217. The smallest absolute Gasteiger partial charge is 0.268 e. The van der Waals surface area contributed by atoms with Gasteiger partial charge in [0.25, 0.3) is 11.5 Å². The second kappa shape index (κ2) is 7.13. The lowest BCUT2D eigenvalue weighted by Crippen LogP contribution is -2.32. The summed E-state index contributed by atoms with van der Waals surface area (Å²) < 4.78 is 12.6. The monoisotopic (exact) mass is 390 g/mol. The quantitative estimate of drug-likeness (QED) is 0.570. The van der Waals surface area contributed by atoms with E-state index in [0.717, 1.165) is 27.7 Å². The van der Waals surface area contributed by atoms with Crippen LogP contribution < -0.4 is 15.6 Å². The highest BCUT2D eigenvalue weighted by Gasteiger charge is 2.21. The van der Waals surface area contributed by atoms with Gasteiger partial charge in [0.15, 0.2) is 0 Å². The van der Waals surface area contributed by atoms with E-state index in [4.69, 9.17) is 9.15 Å². The minimum absolute atomic E-state index is 0.201. The molecule has 0 saturated carbocycles. The fourth-order valence-electron chi connectivity index (χ4n) is 3.66. The minimum atomic E-state index is -0.373. The molecule has 148 valence electrons. The summed E-state index contributed by atoms with van der Waals surface area (Å²) in [5.74, 6) is 1.09. The Morgan fingerprint density at radius 3 is 2.66 bits per heavy atom. The van der Waals surface area contributed by atoms with Gasteiger partial charge in [-0.25, -0.2) is 0 Å². The van der Waals surface area contributed by atoms with Gasteiger partial charge in [-0.2, -0.15) is 0 Å². The number of methoxy groups -OCH3 is 1. The van der Waals surface area contributed by atoms with Gasteiger partial charge in [-0.1, -0.05) is 18.2 Å². The number of furan rings is 1. The molecule has 0 aliphatic heterocycles. The largest absolute Gasteiger partial charge is 0.497 e. The number of hydrogen-bond donors (Lipinski definition) is 1. The Labute approximate surface area is 167 Å². The number of fused-ring (bicyclic) bond motifs is 2. The van der Waals surface area contributed by atoms with Gasteiger partial charge in [0.2, 0.25) is 0 Å². The first kappa shape index (κ1) is 18.8. The molecule has 0 radical (unpaired) electrons. The van der Waals surface area contributed by atoms with Crippen molar-refractivity contribution in [3.63, 3.8) is 0 Å². The van der Waals surface area contributed by atoms with Gasteiger partial charge >= 0.3 is 0 Å². The zero-order valence-corrected chi connectivity index (χ0v) is 16.8. The zero-order chi connectivity index (χ0) is 20.7. The molecule has 1 atom stereocenters. The molecule has 2 heterocycles. The maximum absolute atomic E-state index is 12.9. The fourth-order valence-corrected chi connectivity index (χ4v) is 3.66. The Kier molecular flexibility index (Phi) is 4.62. The molecule has 0 aliphatic carbocycles. The van der Waals surface area contributed by atoms with Gasteiger partial charge in [-0.05, 0) is 49.6 Å². The Bertz CT molecular complexity index is 1300. The van der Waals surface area contributed by atoms with Crippen LogP contribution >= 0.6 is 0 Å². The third kappa shape index (κ3) is 3.16. The van der Waals surface area contributed by atoms with Crippen LogP contribution in [0.3, 0.4) is 0 Å². The number of aromatic nitrogens is 1. The van der Waals surface area contributed by atoms with Crippen LogP contribution in [0.4, 0.5) is 0 Å². The summed E-state index contributed by atoms with van der Waals surface area (Å²) in [6.45, 7) is 3.81. The van der Waals surface area contributed by atoms with E-state index in [2.05, 4.69) is 5.32 Å². The molecule has 1 N–H and O–H groups in total. The maximum Gasteiger partial charge on any atom is 0.268 e. The van der Waals surface area contributed by atoms with Crippen molar-refractivity contribution in [2.75, 3.05) is 7.11 Å². The Balaban J connectivity index is 1.68. The number of nitrogens with one attached hydrogen (secondary N) is 1. The van der Waals surface area contributed by atoms with Gasteiger partial charge in [0, 0.05) is 23.4 Å². The highest BCUT2D eigenvalue weighted by Crippen LogP contribution is 2.32. The van der Waals surface area contributed by atoms with E-state index in [1.165, 1.54) is 4.57 Å². The van der Waals surface area contributed by atoms with E-state index in [9.17, 15) is 9.59 Å². The number of carbonyl (C=O) groups excluding carboxylic acids is 1. The van der Waals surface area contributed by atoms with Crippen LogP contribution in [0, 0.1) is 6.92 Å². The summed E-state index contributed by atoms with van der Waals surface area (Å²) in [5.41, 5.74) is 1.78. The second-order valence-corrected chi connectivity index (χ2v) is 7.13. The summed E-state index contributed by atoms with van der Waals surface area (Å²) in [5, 5.41) is 5.22. The number of carbonyl (C=O) groups is 1. The van der Waals surface area contributed by atoms with Gasteiger partial charge < -0.3 is 19.0 Å². The van der Waals surface area contributed by atoms with Crippen LogP contribution in [0.15, 0.2) is 57.7 Å². The molecule has 29 heavy (non-hydrogen) atoms. The van der Waals surface area contributed by atoms with Gasteiger partial charge in [0.1, 0.15) is 22.8 Å². The van der Waals surface area contributed by atoms with E-state index < -0.39 is 0 Å². The molecule has 0 bridgehead atoms. The molecule has 0 spiro atoms. The number of benzene rings is 2. The molecule has 0 fully saturated rings. The van der Waals surface area contributed by atoms with E-state index in [-0.39, 0.29) is 17.5 Å². The molecule has 2 aromatic heterocycles. The lowest BCUT2D eigenvalue weighted by molar-refractivity contribution is 0.0926. The van der Waals surface area contributed by atoms with Crippen LogP contribution in [0.1, 0.15) is 34.8 Å². The first-order valence-electron chi connectivity index (χ1n) is 9.37. The molecule has 4 rings (SSSR count). The summed E-state index contributed by atoms with van der Waals surface area (Å²) in [7, 11) is 3.22. The third-order valence-electron chi connectivity index (χ3n) is 5.30. The van der Waals surface area contributed by atoms with E-state index in [1.807, 2.05) is 50.2 Å². The number of amides is 1. The van der Waals surface area contributed by atoms with E-state index in [0.29, 0.717) is 16.8 Å². The molecule has 2 aromatic carbocycles.